The summed E-state index contributed by atoms with van der Waals surface area (Å²) in [7, 11) is 0. The van der Waals surface area contributed by atoms with Crippen LogP contribution >= 0.6 is 0 Å². The number of aromatic nitrogens is 1. The summed E-state index contributed by atoms with van der Waals surface area (Å²) in [5, 5.41) is 3.59. The second-order valence-corrected chi connectivity index (χ2v) is 29.2. The number of anilines is 6. The Morgan fingerprint density at radius 2 is 0.886 bits per heavy atom. The van der Waals surface area contributed by atoms with E-state index in [9.17, 15) is 0 Å². The third-order valence-electron chi connectivity index (χ3n) is 17.3. The van der Waals surface area contributed by atoms with Crippen molar-refractivity contribution in [3.8, 4) is 22.3 Å². The molecule has 0 saturated carbocycles. The van der Waals surface area contributed by atoms with Crippen molar-refractivity contribution in [1.29, 1.82) is 0 Å². The van der Waals surface area contributed by atoms with Crippen molar-refractivity contribution < 1.29 is 4.42 Å². The molecular weight excluding hydrogens is 958 g/mol. The molecule has 2 aliphatic rings. The van der Waals surface area contributed by atoms with Crippen LogP contribution in [-0.4, -0.2) is 11.3 Å². The molecule has 12 rings (SSSR count). The second kappa shape index (κ2) is 17.6. The fourth-order valence-electron chi connectivity index (χ4n) is 12.5. The summed E-state index contributed by atoms with van der Waals surface area (Å²) in [5.41, 5.74) is 24.9. The molecule has 0 amide bonds. The molecule has 2 aliphatic heterocycles. The van der Waals surface area contributed by atoms with Crippen LogP contribution in [0.4, 0.5) is 34.1 Å². The van der Waals surface area contributed by atoms with E-state index in [2.05, 4.69) is 297 Å². The van der Waals surface area contributed by atoms with Crippen molar-refractivity contribution >= 4 is 84.9 Å². The minimum atomic E-state index is -0.283. The summed E-state index contributed by atoms with van der Waals surface area (Å²) in [6.07, 6.45) is 0. The zero-order chi connectivity index (χ0) is 56.3. The van der Waals surface area contributed by atoms with Crippen molar-refractivity contribution in [2.45, 2.75) is 157 Å². The number of fused-ring (bicyclic) bond motifs is 9. The van der Waals surface area contributed by atoms with Crippen LogP contribution in [0.1, 0.15) is 158 Å². The molecule has 8 aromatic carbocycles. The molecule has 0 N–H and O–H groups in total. The lowest BCUT2D eigenvalue weighted by Gasteiger charge is -2.40. The van der Waals surface area contributed by atoms with Gasteiger partial charge >= 0.3 is 6.85 Å². The van der Waals surface area contributed by atoms with E-state index in [1.54, 1.807) is 0 Å². The van der Waals surface area contributed by atoms with E-state index in [-0.39, 0.29) is 39.3 Å². The van der Waals surface area contributed by atoms with Crippen LogP contribution in [0.25, 0.3) is 55.0 Å². The topological polar surface area (TPSA) is 24.6 Å². The number of hydrogen-bond acceptors (Lipinski definition) is 3. The second-order valence-electron chi connectivity index (χ2n) is 29.2. The molecule has 0 spiro atoms. The predicted octanol–water partition coefficient (Wildman–Crippen LogP) is 19.9. The van der Waals surface area contributed by atoms with Crippen LogP contribution in [0.15, 0.2) is 162 Å². The van der Waals surface area contributed by atoms with E-state index in [0.29, 0.717) is 0 Å². The molecule has 4 nitrogen and oxygen atoms in total. The molecule has 2 aromatic heterocycles. The number of furan rings is 1. The van der Waals surface area contributed by atoms with Crippen LogP contribution in [0.2, 0.25) is 0 Å². The molecule has 0 radical (unpaired) electrons. The smallest absolute Gasteiger partial charge is 0.375 e. The van der Waals surface area contributed by atoms with Gasteiger partial charge in [0.05, 0.1) is 11.4 Å². The predicted molar refractivity (Wildman–Crippen MR) is 342 cm³/mol. The van der Waals surface area contributed by atoms with E-state index >= 15 is 0 Å². The third-order valence-corrected chi connectivity index (χ3v) is 17.3. The lowest BCUT2D eigenvalue weighted by molar-refractivity contribution is 0.590. The number of benzene rings is 8. The van der Waals surface area contributed by atoms with Gasteiger partial charge < -0.3 is 18.7 Å². The normalized spacial score (nSPS) is 13.9. The zero-order valence-electron chi connectivity index (χ0n) is 50.3. The first-order valence-corrected chi connectivity index (χ1v) is 28.9. The standard InChI is InChI=1S/C74H80BN3O/c1-69(2,3)47-22-19-45(20-23-47)46-21-40-63-59(41-46)67-68(79-63)75-65-57(43-52(74(16,17)18)44-62(65)77(67)55-35-28-50(29-36-55)72(10,11)12)56-37-39-61(64-58-42-51(73(13,14)15)30-38-60(58)78(75)66(56)64)76(53-31-24-48(25-32-53)70(4,5)6)54-33-26-49(27-34-54)71(7,8)9/h19-44H,1-18H3. The van der Waals surface area contributed by atoms with Crippen molar-refractivity contribution in [3.05, 3.63) is 191 Å². The van der Waals surface area contributed by atoms with Gasteiger partial charge in [-0.05, 0) is 161 Å². The summed E-state index contributed by atoms with van der Waals surface area (Å²) in [6.45, 7) is 41.4. The van der Waals surface area contributed by atoms with Gasteiger partial charge in [-0.2, -0.15) is 0 Å². The maximum atomic E-state index is 7.58. The quantitative estimate of drug-likeness (QED) is 0.161. The lowest BCUT2D eigenvalue weighted by Crippen LogP contribution is -2.56. The minimum Gasteiger partial charge on any atom is -0.466 e. The summed E-state index contributed by atoms with van der Waals surface area (Å²) in [5.74, 6) is 0. The Morgan fingerprint density at radius 3 is 1.41 bits per heavy atom. The van der Waals surface area contributed by atoms with Gasteiger partial charge in [0.1, 0.15) is 11.2 Å². The van der Waals surface area contributed by atoms with Gasteiger partial charge in [-0.1, -0.05) is 210 Å². The average molecular weight is 1040 g/mol. The fraction of sp³-hybridized carbons (Fsp3) is 0.324. The zero-order valence-corrected chi connectivity index (χ0v) is 50.3. The summed E-state index contributed by atoms with van der Waals surface area (Å²) < 4.78 is 10.3. The molecular formula is C74H80BN3O. The Kier molecular flexibility index (Phi) is 11.7. The van der Waals surface area contributed by atoms with Crippen LogP contribution < -0.4 is 20.9 Å². The molecule has 0 bridgehead atoms. The van der Waals surface area contributed by atoms with Crippen molar-refractivity contribution in [2.75, 3.05) is 9.80 Å². The van der Waals surface area contributed by atoms with Gasteiger partial charge in [0.2, 0.25) is 0 Å². The Bertz CT molecular complexity index is 3970. The monoisotopic (exact) mass is 1040 g/mol. The highest BCUT2D eigenvalue weighted by atomic mass is 16.3. The van der Waals surface area contributed by atoms with Crippen LogP contribution in [0.5, 0.6) is 0 Å². The third kappa shape index (κ3) is 8.73. The first-order chi connectivity index (χ1) is 37.0. The first kappa shape index (κ1) is 52.5. The molecule has 4 heterocycles. The Morgan fingerprint density at radius 1 is 0.405 bits per heavy atom. The highest BCUT2D eigenvalue weighted by Gasteiger charge is 2.47. The summed E-state index contributed by atoms with van der Waals surface area (Å²) >= 11 is 0. The highest BCUT2D eigenvalue weighted by molar-refractivity contribution is 6.89. The van der Waals surface area contributed by atoms with Gasteiger partial charge in [-0.25, -0.2) is 0 Å². The van der Waals surface area contributed by atoms with E-state index in [4.69, 9.17) is 4.42 Å². The van der Waals surface area contributed by atoms with E-state index in [1.807, 2.05) is 0 Å². The summed E-state index contributed by atoms with van der Waals surface area (Å²) in [6, 6.07) is 61.2. The van der Waals surface area contributed by atoms with Crippen molar-refractivity contribution in [2.24, 2.45) is 0 Å². The Hall–Kier alpha value is -7.24. The maximum absolute atomic E-state index is 7.58. The SMILES string of the molecule is CC(C)(C)c1ccc(-c2ccc3oc4c(c3c2)N(c2ccc(C(C)(C)C)cc2)c2cc(C(C)(C)C)cc3c2B4n2c4ccc(C(C)(C)C)cc4c4c(N(c5ccc(C(C)(C)C)cc5)c5ccc(C(C)(C)C)cc5)ccc-3c42)cc1. The molecule has 0 aliphatic carbocycles. The van der Waals surface area contributed by atoms with Crippen LogP contribution in [0.3, 0.4) is 0 Å². The Balaban J connectivity index is 1.21. The molecule has 0 fully saturated rings. The summed E-state index contributed by atoms with van der Waals surface area (Å²) in [4.78, 5) is 5.07. The average Bonchev–Trinajstić information content (AvgIpc) is 2.68. The van der Waals surface area contributed by atoms with E-state index in [0.717, 1.165) is 45.1 Å². The number of nitrogens with zero attached hydrogens (tertiary/aromatic N) is 3. The highest BCUT2D eigenvalue weighted by Crippen LogP contribution is 2.53. The molecule has 10 aromatic rings. The molecule has 5 heteroatoms. The molecule has 0 unspecified atom stereocenters. The first-order valence-electron chi connectivity index (χ1n) is 28.9. The Labute approximate surface area is 471 Å². The van der Waals surface area contributed by atoms with Crippen molar-refractivity contribution in [3.63, 3.8) is 0 Å². The van der Waals surface area contributed by atoms with Gasteiger partial charge in [0, 0.05) is 55.5 Å². The molecule has 0 atom stereocenters. The van der Waals surface area contributed by atoms with Gasteiger partial charge in [-0.3, -0.25) is 0 Å². The molecule has 400 valence electrons. The fourth-order valence-corrected chi connectivity index (χ4v) is 12.5. The van der Waals surface area contributed by atoms with Gasteiger partial charge in [-0.15, -0.1) is 0 Å². The number of hydrogen-bond donors (Lipinski definition) is 0. The van der Waals surface area contributed by atoms with Gasteiger partial charge in [0.25, 0.3) is 0 Å². The molecule has 0 saturated heterocycles. The number of rotatable bonds is 5. The molecule has 79 heavy (non-hydrogen) atoms. The van der Waals surface area contributed by atoms with E-state index < -0.39 is 0 Å². The maximum Gasteiger partial charge on any atom is 0.375 e. The van der Waals surface area contributed by atoms with Crippen LogP contribution in [0, 0.1) is 0 Å². The largest absolute Gasteiger partial charge is 0.466 e. The van der Waals surface area contributed by atoms with Crippen molar-refractivity contribution in [1.82, 2.24) is 4.48 Å². The van der Waals surface area contributed by atoms with Crippen LogP contribution in [-0.2, 0) is 32.5 Å². The van der Waals surface area contributed by atoms with Gasteiger partial charge in [0.15, 0.2) is 0 Å². The van der Waals surface area contributed by atoms with E-state index in [1.165, 1.54) is 88.6 Å². The minimum absolute atomic E-state index is 0.000613. The lowest BCUT2D eigenvalue weighted by atomic mass is 9.47.